The van der Waals surface area contributed by atoms with E-state index in [9.17, 15) is 4.79 Å². The lowest BCUT2D eigenvalue weighted by Crippen LogP contribution is -2.36. The molecule has 2 saturated carbocycles. The minimum Gasteiger partial charge on any atom is -0.444 e. The predicted octanol–water partition coefficient (Wildman–Crippen LogP) is 3.50. The normalized spacial score (nSPS) is 29.8. The Morgan fingerprint density at radius 3 is 2.41 bits per heavy atom. The van der Waals surface area contributed by atoms with Crippen molar-refractivity contribution in [2.75, 3.05) is 0 Å². The molecule has 1 aromatic rings. The third-order valence-electron chi connectivity index (χ3n) is 4.41. The van der Waals surface area contributed by atoms with Crippen LogP contribution in [-0.4, -0.2) is 23.8 Å². The third-order valence-corrected chi connectivity index (χ3v) is 4.41. The van der Waals surface area contributed by atoms with Crippen LogP contribution in [0.3, 0.4) is 0 Å². The zero-order valence-corrected chi connectivity index (χ0v) is 13.5. The Morgan fingerprint density at radius 2 is 1.82 bits per heavy atom. The van der Waals surface area contributed by atoms with Crippen molar-refractivity contribution in [1.29, 1.82) is 0 Å². The highest BCUT2D eigenvalue weighted by atomic mass is 16.6. The average Bonchev–Trinajstić information content (AvgIpc) is 2.89. The average molecular weight is 303 g/mol. The van der Waals surface area contributed by atoms with E-state index < -0.39 is 5.60 Å². The van der Waals surface area contributed by atoms with Gasteiger partial charge in [-0.05, 0) is 51.0 Å². The van der Waals surface area contributed by atoms with Crippen LogP contribution in [0.5, 0.6) is 0 Å². The van der Waals surface area contributed by atoms with Crippen molar-refractivity contribution in [3.8, 4) is 0 Å². The number of alkyl carbamates (subject to hydrolysis) is 1. The van der Waals surface area contributed by atoms with Crippen molar-refractivity contribution in [3.63, 3.8) is 0 Å². The molecule has 0 bridgehead atoms. The molecule has 22 heavy (non-hydrogen) atoms. The van der Waals surface area contributed by atoms with Crippen molar-refractivity contribution in [2.24, 2.45) is 11.8 Å². The number of hydrogen-bond donors (Lipinski definition) is 1. The summed E-state index contributed by atoms with van der Waals surface area (Å²) in [4.78, 5) is 11.8. The molecular formula is C18H25NO3. The van der Waals surface area contributed by atoms with Gasteiger partial charge in [-0.25, -0.2) is 4.79 Å². The van der Waals surface area contributed by atoms with E-state index in [1.165, 1.54) is 5.56 Å². The zero-order valence-electron chi connectivity index (χ0n) is 13.5. The Labute approximate surface area is 132 Å². The minimum atomic E-state index is -0.435. The van der Waals surface area contributed by atoms with E-state index in [1.54, 1.807) is 0 Å². The van der Waals surface area contributed by atoms with Crippen LogP contribution in [0.25, 0.3) is 0 Å². The molecule has 1 N–H and O–H groups in total. The van der Waals surface area contributed by atoms with Gasteiger partial charge in [0.05, 0.1) is 12.7 Å². The van der Waals surface area contributed by atoms with Crippen LogP contribution in [0.4, 0.5) is 4.79 Å². The van der Waals surface area contributed by atoms with Crippen LogP contribution in [0.1, 0.15) is 39.2 Å². The fraction of sp³-hybridized carbons (Fsp3) is 0.611. The first-order chi connectivity index (χ1) is 10.4. The van der Waals surface area contributed by atoms with E-state index in [4.69, 9.17) is 9.47 Å². The Balaban J connectivity index is 1.38. The van der Waals surface area contributed by atoms with Gasteiger partial charge in [0, 0.05) is 6.04 Å². The van der Waals surface area contributed by atoms with Crippen molar-refractivity contribution in [2.45, 2.75) is 58.0 Å². The molecule has 0 aromatic heterocycles. The lowest BCUT2D eigenvalue weighted by Gasteiger charge is -2.21. The summed E-state index contributed by atoms with van der Waals surface area (Å²) in [5.41, 5.74) is 0.779. The van der Waals surface area contributed by atoms with Crippen LogP contribution in [0.2, 0.25) is 0 Å². The van der Waals surface area contributed by atoms with Crippen LogP contribution < -0.4 is 5.32 Å². The smallest absolute Gasteiger partial charge is 0.407 e. The fourth-order valence-electron chi connectivity index (χ4n) is 3.37. The first kappa shape index (κ1) is 15.3. The summed E-state index contributed by atoms with van der Waals surface area (Å²) in [6.07, 6.45) is 2.11. The van der Waals surface area contributed by atoms with Gasteiger partial charge < -0.3 is 14.8 Å². The lowest BCUT2D eigenvalue weighted by atomic mass is 10.1. The molecule has 0 radical (unpaired) electrons. The highest BCUT2D eigenvalue weighted by molar-refractivity contribution is 5.68. The first-order valence-electron chi connectivity index (χ1n) is 8.07. The second kappa shape index (κ2) is 5.92. The lowest BCUT2D eigenvalue weighted by molar-refractivity contribution is 0.0326. The quantitative estimate of drug-likeness (QED) is 0.926. The maximum absolute atomic E-state index is 11.8. The number of amides is 1. The molecule has 2 aliphatic carbocycles. The van der Waals surface area contributed by atoms with Crippen LogP contribution in [0, 0.1) is 11.8 Å². The fourth-order valence-corrected chi connectivity index (χ4v) is 3.37. The Morgan fingerprint density at radius 1 is 1.18 bits per heavy atom. The Bertz CT molecular complexity index is 511. The second-order valence-corrected chi connectivity index (χ2v) is 7.39. The van der Waals surface area contributed by atoms with E-state index in [0.29, 0.717) is 24.5 Å². The summed E-state index contributed by atoms with van der Waals surface area (Å²) in [6.45, 7) is 6.32. The number of carbonyl (C=O) groups is 1. The van der Waals surface area contributed by atoms with Gasteiger partial charge in [0.1, 0.15) is 5.60 Å². The predicted molar refractivity (Wildman–Crippen MR) is 84.4 cm³/mol. The zero-order chi connectivity index (χ0) is 15.7. The summed E-state index contributed by atoms with van der Waals surface area (Å²) in [7, 11) is 0. The van der Waals surface area contributed by atoms with Crippen LogP contribution in [-0.2, 0) is 16.1 Å². The van der Waals surface area contributed by atoms with Crippen molar-refractivity contribution in [1.82, 2.24) is 5.32 Å². The van der Waals surface area contributed by atoms with Crippen LogP contribution in [0.15, 0.2) is 30.3 Å². The van der Waals surface area contributed by atoms with E-state index in [1.807, 2.05) is 39.0 Å². The van der Waals surface area contributed by atoms with E-state index in [0.717, 1.165) is 12.8 Å². The van der Waals surface area contributed by atoms with Gasteiger partial charge in [-0.1, -0.05) is 30.3 Å². The Kier molecular flexibility index (Phi) is 4.13. The topological polar surface area (TPSA) is 47.6 Å². The molecule has 0 spiro atoms. The number of fused-ring (bicyclic) bond motifs is 1. The van der Waals surface area contributed by atoms with Gasteiger partial charge in [-0.15, -0.1) is 0 Å². The molecular weight excluding hydrogens is 278 g/mol. The summed E-state index contributed by atoms with van der Waals surface area (Å²) in [5.74, 6) is 1.13. The first-order valence-corrected chi connectivity index (χ1v) is 8.07. The van der Waals surface area contributed by atoms with Gasteiger partial charge in [0.25, 0.3) is 0 Å². The molecule has 4 atom stereocenters. The maximum atomic E-state index is 11.8. The van der Waals surface area contributed by atoms with Gasteiger partial charge >= 0.3 is 6.09 Å². The van der Waals surface area contributed by atoms with Crippen molar-refractivity contribution >= 4 is 6.09 Å². The largest absolute Gasteiger partial charge is 0.444 e. The minimum absolute atomic E-state index is 0.284. The molecule has 2 fully saturated rings. The number of rotatable bonds is 4. The summed E-state index contributed by atoms with van der Waals surface area (Å²) < 4.78 is 11.3. The Hall–Kier alpha value is -1.55. The standard InChI is InChI=1S/C18H25NO3/c1-18(2,3)22-17(20)19-16-14-9-13(10-15(14)16)21-11-12-7-5-4-6-8-12/h4-8,13-16H,9-11H2,1-3H3,(H,19,20)/t13?,14-,15+,16?. The number of nitrogens with one attached hydrogen (secondary N) is 1. The molecule has 0 heterocycles. The SMILES string of the molecule is CC(C)(C)OC(=O)NC1[C@H]2CC(OCc3ccccc3)C[C@@H]12. The van der Waals surface area contributed by atoms with Gasteiger partial charge in [0.15, 0.2) is 0 Å². The molecule has 1 aromatic carbocycles. The number of benzene rings is 1. The van der Waals surface area contributed by atoms with Crippen molar-refractivity contribution in [3.05, 3.63) is 35.9 Å². The molecule has 3 rings (SSSR count). The maximum Gasteiger partial charge on any atom is 0.407 e. The summed E-state index contributed by atoms with van der Waals surface area (Å²) >= 11 is 0. The molecule has 2 unspecified atom stereocenters. The summed E-state index contributed by atoms with van der Waals surface area (Å²) in [6, 6.07) is 10.5. The van der Waals surface area contributed by atoms with Gasteiger partial charge in [0.2, 0.25) is 0 Å². The molecule has 0 saturated heterocycles. The number of hydrogen-bond acceptors (Lipinski definition) is 3. The van der Waals surface area contributed by atoms with Crippen molar-refractivity contribution < 1.29 is 14.3 Å². The van der Waals surface area contributed by atoms with Gasteiger partial charge in [-0.2, -0.15) is 0 Å². The highest BCUT2D eigenvalue weighted by Crippen LogP contribution is 2.53. The molecule has 4 nitrogen and oxygen atoms in total. The molecule has 0 aliphatic heterocycles. The van der Waals surface area contributed by atoms with E-state index in [-0.39, 0.29) is 12.1 Å². The number of ether oxygens (including phenoxy) is 2. The molecule has 1 amide bonds. The van der Waals surface area contributed by atoms with E-state index in [2.05, 4.69) is 17.4 Å². The highest BCUT2D eigenvalue weighted by Gasteiger charge is 2.57. The monoisotopic (exact) mass is 303 g/mol. The third kappa shape index (κ3) is 3.80. The number of carbonyl (C=O) groups excluding carboxylic acids is 1. The molecule has 120 valence electrons. The van der Waals surface area contributed by atoms with E-state index >= 15 is 0 Å². The molecule has 2 aliphatic rings. The second-order valence-electron chi connectivity index (χ2n) is 7.39. The summed E-state index contributed by atoms with van der Waals surface area (Å²) in [5, 5.41) is 2.99. The van der Waals surface area contributed by atoms with Gasteiger partial charge in [-0.3, -0.25) is 0 Å². The van der Waals surface area contributed by atoms with Crippen LogP contribution >= 0.6 is 0 Å². The molecule has 4 heteroatoms.